The van der Waals surface area contributed by atoms with Gasteiger partial charge < -0.3 is 9.73 Å². The highest BCUT2D eigenvalue weighted by Gasteiger charge is 2.19. The van der Waals surface area contributed by atoms with Gasteiger partial charge in [0.1, 0.15) is 5.76 Å². The number of rotatable bonds is 6. The molecule has 0 saturated carbocycles. The van der Waals surface area contributed by atoms with Gasteiger partial charge in [0.15, 0.2) is 0 Å². The Hall–Kier alpha value is -0.760. The van der Waals surface area contributed by atoms with E-state index < -0.39 is 0 Å². The lowest BCUT2D eigenvalue weighted by molar-refractivity contribution is 0.319. The molecule has 0 radical (unpaired) electrons. The molecule has 1 N–H and O–H groups in total. The quantitative estimate of drug-likeness (QED) is 0.753. The van der Waals surface area contributed by atoms with Gasteiger partial charge in [0.25, 0.3) is 0 Å². The second-order valence-corrected chi connectivity index (χ2v) is 3.83. The van der Waals surface area contributed by atoms with Gasteiger partial charge in [0, 0.05) is 0 Å². The summed E-state index contributed by atoms with van der Waals surface area (Å²) >= 11 is 0. The van der Waals surface area contributed by atoms with E-state index in [-0.39, 0.29) is 0 Å². The maximum Gasteiger partial charge on any atom is 0.120 e. The summed E-state index contributed by atoms with van der Waals surface area (Å²) in [7, 11) is 0. The van der Waals surface area contributed by atoms with Crippen molar-refractivity contribution in [1.82, 2.24) is 5.32 Å². The van der Waals surface area contributed by atoms with Gasteiger partial charge in [-0.25, -0.2) is 0 Å². The van der Waals surface area contributed by atoms with Gasteiger partial charge in [-0.1, -0.05) is 27.2 Å². The van der Waals surface area contributed by atoms with Crippen molar-refractivity contribution >= 4 is 0 Å². The van der Waals surface area contributed by atoms with Crippen LogP contribution >= 0.6 is 0 Å². The van der Waals surface area contributed by atoms with E-state index in [0.717, 1.165) is 18.7 Å². The molecule has 0 spiro atoms. The van der Waals surface area contributed by atoms with Crippen LogP contribution in [0, 0.1) is 5.92 Å². The van der Waals surface area contributed by atoms with Gasteiger partial charge in [-0.05, 0) is 31.0 Å². The Kier molecular flexibility index (Phi) is 4.74. The van der Waals surface area contributed by atoms with E-state index in [9.17, 15) is 0 Å². The van der Waals surface area contributed by atoms with Gasteiger partial charge in [-0.15, -0.1) is 0 Å². The molecule has 0 aliphatic heterocycles. The van der Waals surface area contributed by atoms with Crippen LogP contribution in [-0.2, 0) is 0 Å². The third-order valence-electron chi connectivity index (χ3n) is 2.68. The first-order chi connectivity index (χ1) is 6.79. The monoisotopic (exact) mass is 195 g/mol. The predicted octanol–water partition coefficient (Wildman–Crippen LogP) is 3.37. The lowest BCUT2D eigenvalue weighted by atomic mass is 9.97. The molecule has 0 amide bonds. The third-order valence-corrected chi connectivity index (χ3v) is 2.68. The fourth-order valence-corrected chi connectivity index (χ4v) is 1.59. The lowest BCUT2D eigenvalue weighted by Crippen LogP contribution is -2.27. The SMILES string of the molecule is CCCNC(c1ccco1)C(C)CC. The van der Waals surface area contributed by atoms with Gasteiger partial charge >= 0.3 is 0 Å². The molecule has 2 heteroatoms. The van der Waals surface area contributed by atoms with Crippen LogP contribution in [0.3, 0.4) is 0 Å². The maximum atomic E-state index is 5.45. The lowest BCUT2D eigenvalue weighted by Gasteiger charge is -2.22. The first-order valence-corrected chi connectivity index (χ1v) is 5.56. The zero-order chi connectivity index (χ0) is 10.4. The molecular formula is C12H21NO. The largest absolute Gasteiger partial charge is 0.468 e. The number of hydrogen-bond donors (Lipinski definition) is 1. The molecule has 0 saturated heterocycles. The van der Waals surface area contributed by atoms with Gasteiger partial charge in [-0.3, -0.25) is 0 Å². The zero-order valence-electron chi connectivity index (χ0n) is 9.42. The Morgan fingerprint density at radius 1 is 1.43 bits per heavy atom. The normalized spacial score (nSPS) is 15.4. The maximum absolute atomic E-state index is 5.45. The topological polar surface area (TPSA) is 25.2 Å². The third kappa shape index (κ3) is 2.88. The van der Waals surface area contributed by atoms with Crippen LogP contribution in [0.1, 0.15) is 45.4 Å². The Morgan fingerprint density at radius 2 is 2.21 bits per heavy atom. The minimum Gasteiger partial charge on any atom is -0.468 e. The minimum atomic E-state index is 0.370. The Morgan fingerprint density at radius 3 is 2.71 bits per heavy atom. The molecule has 0 aliphatic rings. The predicted molar refractivity (Wildman–Crippen MR) is 59.2 cm³/mol. The van der Waals surface area contributed by atoms with E-state index in [1.165, 1.54) is 6.42 Å². The van der Waals surface area contributed by atoms with Crippen LogP contribution in [0.25, 0.3) is 0 Å². The highest BCUT2D eigenvalue weighted by Crippen LogP contribution is 2.24. The van der Waals surface area contributed by atoms with Crippen LogP contribution in [0.5, 0.6) is 0 Å². The molecular weight excluding hydrogens is 174 g/mol. The standard InChI is InChI=1S/C12H21NO/c1-4-8-13-12(10(3)5-2)11-7-6-9-14-11/h6-7,9-10,12-13H,4-5,8H2,1-3H3. The molecule has 1 aromatic rings. The summed E-state index contributed by atoms with van der Waals surface area (Å²) < 4.78 is 5.45. The van der Waals surface area contributed by atoms with E-state index in [2.05, 4.69) is 32.2 Å². The fraction of sp³-hybridized carbons (Fsp3) is 0.667. The van der Waals surface area contributed by atoms with Gasteiger partial charge in [-0.2, -0.15) is 0 Å². The van der Waals surface area contributed by atoms with E-state index in [1.54, 1.807) is 6.26 Å². The molecule has 0 bridgehead atoms. The number of hydrogen-bond acceptors (Lipinski definition) is 2. The second-order valence-electron chi connectivity index (χ2n) is 3.83. The molecule has 1 heterocycles. The van der Waals surface area contributed by atoms with Crippen molar-refractivity contribution in [2.45, 2.75) is 39.7 Å². The van der Waals surface area contributed by atoms with Crippen LogP contribution in [-0.4, -0.2) is 6.54 Å². The van der Waals surface area contributed by atoms with E-state index in [0.29, 0.717) is 12.0 Å². The van der Waals surface area contributed by atoms with Crippen molar-refractivity contribution in [3.63, 3.8) is 0 Å². The number of furan rings is 1. The zero-order valence-corrected chi connectivity index (χ0v) is 9.42. The van der Waals surface area contributed by atoms with Crippen molar-refractivity contribution in [2.24, 2.45) is 5.92 Å². The summed E-state index contributed by atoms with van der Waals surface area (Å²) in [6.45, 7) is 7.71. The fourth-order valence-electron chi connectivity index (χ4n) is 1.59. The van der Waals surface area contributed by atoms with Crippen molar-refractivity contribution in [3.8, 4) is 0 Å². The van der Waals surface area contributed by atoms with Crippen molar-refractivity contribution in [2.75, 3.05) is 6.54 Å². The Balaban J connectivity index is 2.62. The molecule has 1 aromatic heterocycles. The summed E-state index contributed by atoms with van der Waals surface area (Å²) in [5.74, 6) is 1.68. The summed E-state index contributed by atoms with van der Waals surface area (Å²) in [5, 5.41) is 3.53. The molecule has 1 rings (SSSR count). The average Bonchev–Trinajstić information content (AvgIpc) is 2.71. The second kappa shape index (κ2) is 5.86. The van der Waals surface area contributed by atoms with Gasteiger partial charge in [0.2, 0.25) is 0 Å². The summed E-state index contributed by atoms with van der Waals surface area (Å²) in [5.41, 5.74) is 0. The Bertz CT molecular complexity index is 230. The highest BCUT2D eigenvalue weighted by atomic mass is 16.3. The summed E-state index contributed by atoms with van der Waals surface area (Å²) in [6, 6.07) is 4.38. The first kappa shape index (κ1) is 11.3. The Labute approximate surface area is 86.7 Å². The molecule has 0 aromatic carbocycles. The number of nitrogens with one attached hydrogen (secondary N) is 1. The average molecular weight is 195 g/mol. The van der Waals surface area contributed by atoms with Crippen molar-refractivity contribution < 1.29 is 4.42 Å². The van der Waals surface area contributed by atoms with Crippen LogP contribution in [0.4, 0.5) is 0 Å². The van der Waals surface area contributed by atoms with E-state index >= 15 is 0 Å². The molecule has 2 nitrogen and oxygen atoms in total. The molecule has 0 fully saturated rings. The molecule has 14 heavy (non-hydrogen) atoms. The first-order valence-electron chi connectivity index (χ1n) is 5.56. The molecule has 2 atom stereocenters. The van der Waals surface area contributed by atoms with Gasteiger partial charge in [0.05, 0.1) is 12.3 Å². The molecule has 0 aliphatic carbocycles. The van der Waals surface area contributed by atoms with E-state index in [4.69, 9.17) is 4.42 Å². The van der Waals surface area contributed by atoms with Crippen LogP contribution in [0.2, 0.25) is 0 Å². The van der Waals surface area contributed by atoms with Crippen molar-refractivity contribution in [3.05, 3.63) is 24.2 Å². The summed E-state index contributed by atoms with van der Waals surface area (Å²) in [4.78, 5) is 0. The van der Waals surface area contributed by atoms with Crippen LogP contribution in [0.15, 0.2) is 22.8 Å². The summed E-state index contributed by atoms with van der Waals surface area (Å²) in [6.07, 6.45) is 4.08. The van der Waals surface area contributed by atoms with Crippen LogP contribution < -0.4 is 5.32 Å². The highest BCUT2D eigenvalue weighted by molar-refractivity contribution is 5.05. The minimum absolute atomic E-state index is 0.370. The van der Waals surface area contributed by atoms with Crippen molar-refractivity contribution in [1.29, 1.82) is 0 Å². The molecule has 80 valence electrons. The van der Waals surface area contributed by atoms with E-state index in [1.807, 2.05) is 6.07 Å². The molecule has 2 unspecified atom stereocenters. The smallest absolute Gasteiger partial charge is 0.120 e.